The van der Waals surface area contributed by atoms with Crippen molar-refractivity contribution in [3.8, 4) is 0 Å². The van der Waals surface area contributed by atoms with Gasteiger partial charge in [-0.1, -0.05) is 30.3 Å². The number of rotatable bonds is 4. The van der Waals surface area contributed by atoms with Crippen LogP contribution in [0.4, 0.5) is 17.3 Å². The summed E-state index contributed by atoms with van der Waals surface area (Å²) in [6.07, 6.45) is 1.36. The molecule has 0 aliphatic rings. The number of nitrogens with one attached hydrogen (secondary N) is 2. The van der Waals surface area contributed by atoms with E-state index in [2.05, 4.69) is 20.6 Å². The minimum Gasteiger partial charge on any atom is -0.382 e. The summed E-state index contributed by atoms with van der Waals surface area (Å²) in [5.41, 5.74) is 7.25. The van der Waals surface area contributed by atoms with Crippen molar-refractivity contribution in [3.05, 3.63) is 42.2 Å². The van der Waals surface area contributed by atoms with Gasteiger partial charge in [-0.2, -0.15) is 0 Å². The lowest BCUT2D eigenvalue weighted by Crippen LogP contribution is -2.13. The van der Waals surface area contributed by atoms with Crippen LogP contribution in [0.2, 0.25) is 0 Å². The second-order valence-corrected chi connectivity index (χ2v) is 4.00. The fraction of sp³-hybridized carbons (Fsp3) is 0.154. The Bertz CT molecular complexity index is 571. The maximum absolute atomic E-state index is 11.1. The van der Waals surface area contributed by atoms with Gasteiger partial charge in [-0.15, -0.1) is 0 Å². The van der Waals surface area contributed by atoms with Crippen LogP contribution in [0.3, 0.4) is 0 Å². The van der Waals surface area contributed by atoms with Gasteiger partial charge in [-0.25, -0.2) is 9.97 Å². The molecule has 0 fully saturated rings. The largest absolute Gasteiger partial charge is 0.382 e. The SMILES string of the molecule is CC(=O)Nc1c(N)ncnc1NCc1ccccc1. The lowest BCUT2D eigenvalue weighted by molar-refractivity contribution is -0.114. The Hall–Kier alpha value is -2.63. The van der Waals surface area contributed by atoms with Crippen LogP contribution in [0, 0.1) is 0 Å². The lowest BCUT2D eigenvalue weighted by atomic mass is 10.2. The topological polar surface area (TPSA) is 92.9 Å². The zero-order valence-electron chi connectivity index (χ0n) is 10.6. The van der Waals surface area contributed by atoms with Gasteiger partial charge < -0.3 is 16.4 Å². The Balaban J connectivity index is 2.15. The predicted octanol–water partition coefficient (Wildman–Crippen LogP) is 1.63. The van der Waals surface area contributed by atoms with Crippen molar-refractivity contribution in [2.45, 2.75) is 13.5 Å². The van der Waals surface area contributed by atoms with Crippen molar-refractivity contribution < 1.29 is 4.79 Å². The second-order valence-electron chi connectivity index (χ2n) is 4.00. The first-order chi connectivity index (χ1) is 9.16. The summed E-state index contributed by atoms with van der Waals surface area (Å²) in [6, 6.07) is 9.86. The van der Waals surface area contributed by atoms with E-state index in [0.29, 0.717) is 18.1 Å². The van der Waals surface area contributed by atoms with E-state index in [9.17, 15) is 4.79 Å². The van der Waals surface area contributed by atoms with Crippen LogP contribution in [0.15, 0.2) is 36.7 Å². The molecule has 6 heteroatoms. The van der Waals surface area contributed by atoms with Crippen LogP contribution < -0.4 is 16.4 Å². The number of hydrogen-bond acceptors (Lipinski definition) is 5. The molecule has 1 aromatic heterocycles. The van der Waals surface area contributed by atoms with E-state index in [1.54, 1.807) is 0 Å². The van der Waals surface area contributed by atoms with E-state index in [1.807, 2.05) is 30.3 Å². The summed E-state index contributed by atoms with van der Waals surface area (Å²) in [5.74, 6) is 0.525. The van der Waals surface area contributed by atoms with Gasteiger partial charge in [0, 0.05) is 13.5 Å². The van der Waals surface area contributed by atoms with E-state index < -0.39 is 0 Å². The van der Waals surface area contributed by atoms with E-state index in [4.69, 9.17) is 5.73 Å². The van der Waals surface area contributed by atoms with Crippen molar-refractivity contribution in [2.24, 2.45) is 0 Å². The van der Waals surface area contributed by atoms with E-state index >= 15 is 0 Å². The Labute approximate surface area is 111 Å². The number of aromatic nitrogens is 2. The number of nitrogens with two attached hydrogens (primary N) is 1. The zero-order valence-corrected chi connectivity index (χ0v) is 10.6. The first-order valence-corrected chi connectivity index (χ1v) is 5.82. The van der Waals surface area contributed by atoms with Crippen LogP contribution in [0.1, 0.15) is 12.5 Å². The second kappa shape index (κ2) is 5.81. The molecular formula is C13H15N5O. The van der Waals surface area contributed by atoms with Crippen LogP contribution in [-0.4, -0.2) is 15.9 Å². The van der Waals surface area contributed by atoms with Crippen LogP contribution in [-0.2, 0) is 11.3 Å². The monoisotopic (exact) mass is 257 g/mol. The molecule has 2 aromatic rings. The molecule has 0 aliphatic heterocycles. The quantitative estimate of drug-likeness (QED) is 0.774. The standard InChI is InChI=1S/C13H15N5O/c1-9(19)18-11-12(14)16-8-17-13(11)15-7-10-5-3-2-4-6-10/h2-6,8H,7H2,1H3,(H,18,19)(H3,14,15,16,17). The molecule has 0 atom stereocenters. The normalized spacial score (nSPS) is 9.95. The van der Waals surface area contributed by atoms with Gasteiger partial charge in [0.05, 0.1) is 0 Å². The number of benzene rings is 1. The highest BCUT2D eigenvalue weighted by Crippen LogP contribution is 2.24. The Morgan fingerprint density at radius 2 is 2.00 bits per heavy atom. The van der Waals surface area contributed by atoms with Crippen LogP contribution in [0.5, 0.6) is 0 Å². The molecule has 0 bridgehead atoms. The van der Waals surface area contributed by atoms with Crippen molar-refractivity contribution in [1.29, 1.82) is 0 Å². The van der Waals surface area contributed by atoms with E-state index in [0.717, 1.165) is 5.56 Å². The van der Waals surface area contributed by atoms with Gasteiger partial charge in [-0.05, 0) is 5.56 Å². The molecule has 19 heavy (non-hydrogen) atoms. The molecule has 1 amide bonds. The molecule has 0 radical (unpaired) electrons. The van der Waals surface area contributed by atoms with Crippen molar-refractivity contribution in [3.63, 3.8) is 0 Å². The van der Waals surface area contributed by atoms with Crippen molar-refractivity contribution >= 4 is 23.2 Å². The Morgan fingerprint density at radius 3 is 2.68 bits per heavy atom. The van der Waals surface area contributed by atoms with E-state index in [1.165, 1.54) is 13.3 Å². The van der Waals surface area contributed by atoms with Gasteiger partial charge in [0.2, 0.25) is 5.91 Å². The fourth-order valence-electron chi connectivity index (χ4n) is 1.61. The minimum atomic E-state index is -0.218. The first-order valence-electron chi connectivity index (χ1n) is 5.82. The third kappa shape index (κ3) is 3.41. The average molecular weight is 257 g/mol. The summed E-state index contributed by atoms with van der Waals surface area (Å²) in [5, 5.41) is 5.76. The third-order valence-corrected chi connectivity index (χ3v) is 2.48. The summed E-state index contributed by atoms with van der Waals surface area (Å²) < 4.78 is 0. The Morgan fingerprint density at radius 1 is 1.26 bits per heavy atom. The number of hydrogen-bond donors (Lipinski definition) is 3. The summed E-state index contributed by atoms with van der Waals surface area (Å²) in [7, 11) is 0. The number of amides is 1. The highest BCUT2D eigenvalue weighted by atomic mass is 16.1. The van der Waals surface area contributed by atoms with Crippen LogP contribution >= 0.6 is 0 Å². The summed E-state index contributed by atoms with van der Waals surface area (Å²) in [4.78, 5) is 19.1. The first kappa shape index (κ1) is 12.8. The number of nitrogen functional groups attached to an aromatic ring is 1. The minimum absolute atomic E-state index is 0.218. The van der Waals surface area contributed by atoms with Gasteiger partial charge in [0.1, 0.15) is 12.0 Å². The average Bonchev–Trinajstić information content (AvgIpc) is 2.40. The highest BCUT2D eigenvalue weighted by Gasteiger charge is 2.10. The fourth-order valence-corrected chi connectivity index (χ4v) is 1.61. The molecule has 1 aromatic carbocycles. The maximum Gasteiger partial charge on any atom is 0.221 e. The van der Waals surface area contributed by atoms with Gasteiger partial charge in [0.25, 0.3) is 0 Å². The number of anilines is 3. The molecule has 98 valence electrons. The smallest absolute Gasteiger partial charge is 0.221 e. The molecule has 2 rings (SSSR count). The molecular weight excluding hydrogens is 242 g/mol. The molecule has 4 N–H and O–H groups in total. The molecule has 0 aliphatic carbocycles. The van der Waals surface area contributed by atoms with Crippen LogP contribution in [0.25, 0.3) is 0 Å². The van der Waals surface area contributed by atoms with E-state index in [-0.39, 0.29) is 11.7 Å². The third-order valence-electron chi connectivity index (χ3n) is 2.48. The van der Waals surface area contributed by atoms with Gasteiger partial charge in [-0.3, -0.25) is 4.79 Å². The summed E-state index contributed by atoms with van der Waals surface area (Å²) >= 11 is 0. The van der Waals surface area contributed by atoms with Gasteiger partial charge in [0.15, 0.2) is 11.6 Å². The van der Waals surface area contributed by atoms with Crippen molar-refractivity contribution in [1.82, 2.24) is 9.97 Å². The molecule has 6 nitrogen and oxygen atoms in total. The van der Waals surface area contributed by atoms with Crippen molar-refractivity contribution in [2.75, 3.05) is 16.4 Å². The molecule has 0 saturated carbocycles. The summed E-state index contributed by atoms with van der Waals surface area (Å²) in [6.45, 7) is 2.00. The zero-order chi connectivity index (χ0) is 13.7. The van der Waals surface area contributed by atoms with Gasteiger partial charge >= 0.3 is 0 Å². The maximum atomic E-state index is 11.1. The molecule has 0 unspecified atom stereocenters. The molecule has 0 saturated heterocycles. The Kier molecular flexibility index (Phi) is 3.92. The lowest BCUT2D eigenvalue weighted by Gasteiger charge is -2.12. The highest BCUT2D eigenvalue weighted by molar-refractivity contribution is 5.95. The number of carbonyl (C=O) groups is 1. The molecule has 1 heterocycles. The predicted molar refractivity (Wildman–Crippen MR) is 74.5 cm³/mol. The molecule has 0 spiro atoms. The number of carbonyl (C=O) groups excluding carboxylic acids is 1. The number of nitrogens with zero attached hydrogens (tertiary/aromatic N) is 2.